The van der Waals surface area contributed by atoms with E-state index in [1.165, 1.54) is 7.11 Å². The highest BCUT2D eigenvalue weighted by Gasteiger charge is 2.26. The molecule has 0 amide bonds. The van der Waals surface area contributed by atoms with Crippen molar-refractivity contribution in [3.8, 4) is 0 Å². The number of rotatable bonds is 3. The van der Waals surface area contributed by atoms with Crippen molar-refractivity contribution in [3.63, 3.8) is 0 Å². The van der Waals surface area contributed by atoms with Gasteiger partial charge in [0.05, 0.1) is 25.8 Å². The minimum Gasteiger partial charge on any atom is -0.469 e. The van der Waals surface area contributed by atoms with Crippen LogP contribution in [0.15, 0.2) is 22.8 Å². The minimum absolute atomic E-state index is 0.0220. The molecule has 1 aromatic heterocycles. The number of esters is 1. The summed E-state index contributed by atoms with van der Waals surface area (Å²) in [5.41, 5.74) is 0. The van der Waals surface area contributed by atoms with Crippen LogP contribution in [0.3, 0.4) is 0 Å². The average Bonchev–Trinajstić information content (AvgIpc) is 2.81. The molecular formula is C12H17NO3. The van der Waals surface area contributed by atoms with Crippen LogP contribution < -0.4 is 0 Å². The van der Waals surface area contributed by atoms with Crippen molar-refractivity contribution in [2.45, 2.75) is 19.4 Å². The zero-order valence-electron chi connectivity index (χ0n) is 9.52. The molecule has 2 rings (SSSR count). The predicted octanol–water partition coefficient (Wildman–Crippen LogP) is 1.66. The molecule has 4 nitrogen and oxygen atoms in total. The van der Waals surface area contributed by atoms with Gasteiger partial charge in [0.15, 0.2) is 0 Å². The van der Waals surface area contributed by atoms with Gasteiger partial charge in [0, 0.05) is 6.54 Å². The molecule has 0 N–H and O–H groups in total. The van der Waals surface area contributed by atoms with Crippen LogP contribution in [0.1, 0.15) is 18.6 Å². The molecule has 16 heavy (non-hydrogen) atoms. The maximum Gasteiger partial charge on any atom is 0.309 e. The van der Waals surface area contributed by atoms with E-state index in [4.69, 9.17) is 9.15 Å². The summed E-state index contributed by atoms with van der Waals surface area (Å²) in [7, 11) is 1.45. The van der Waals surface area contributed by atoms with Crippen LogP contribution in [0.2, 0.25) is 0 Å². The summed E-state index contributed by atoms with van der Waals surface area (Å²) in [4.78, 5) is 13.7. The fourth-order valence-corrected chi connectivity index (χ4v) is 2.18. The molecule has 1 atom stereocenters. The molecule has 0 radical (unpaired) electrons. The minimum atomic E-state index is -0.0934. The first-order chi connectivity index (χ1) is 7.79. The number of hydrogen-bond acceptors (Lipinski definition) is 4. The maximum atomic E-state index is 11.4. The maximum absolute atomic E-state index is 11.4. The first-order valence-electron chi connectivity index (χ1n) is 5.62. The normalized spacial score (nSPS) is 21.9. The molecular weight excluding hydrogens is 206 g/mol. The number of nitrogens with zero attached hydrogens (tertiary/aromatic N) is 1. The summed E-state index contributed by atoms with van der Waals surface area (Å²) < 4.78 is 10.1. The number of likely N-dealkylation sites (tertiary alicyclic amines) is 1. The van der Waals surface area contributed by atoms with Gasteiger partial charge in [0.2, 0.25) is 0 Å². The van der Waals surface area contributed by atoms with E-state index in [9.17, 15) is 4.79 Å². The Bertz CT molecular complexity index is 334. The zero-order chi connectivity index (χ0) is 11.4. The van der Waals surface area contributed by atoms with Crippen LogP contribution in [0.4, 0.5) is 0 Å². The summed E-state index contributed by atoms with van der Waals surface area (Å²) >= 11 is 0. The van der Waals surface area contributed by atoms with E-state index in [1.54, 1.807) is 6.26 Å². The number of furan rings is 1. The standard InChI is InChI=1S/C12H17NO3/c1-15-12(14)10-4-2-6-13(8-10)9-11-5-3-7-16-11/h3,5,7,10H,2,4,6,8-9H2,1H3. The first kappa shape index (κ1) is 11.2. The number of ether oxygens (including phenoxy) is 1. The van der Waals surface area contributed by atoms with E-state index in [0.717, 1.165) is 38.2 Å². The molecule has 1 aromatic rings. The van der Waals surface area contributed by atoms with Gasteiger partial charge in [0.1, 0.15) is 5.76 Å². The number of methoxy groups -OCH3 is 1. The van der Waals surface area contributed by atoms with Gasteiger partial charge in [-0.15, -0.1) is 0 Å². The van der Waals surface area contributed by atoms with Gasteiger partial charge >= 0.3 is 5.97 Å². The molecule has 1 aliphatic heterocycles. The lowest BCUT2D eigenvalue weighted by molar-refractivity contribution is -0.147. The van der Waals surface area contributed by atoms with E-state index < -0.39 is 0 Å². The largest absolute Gasteiger partial charge is 0.469 e. The fraction of sp³-hybridized carbons (Fsp3) is 0.583. The van der Waals surface area contributed by atoms with E-state index in [1.807, 2.05) is 12.1 Å². The summed E-state index contributed by atoms with van der Waals surface area (Å²) in [5.74, 6) is 0.878. The molecule has 0 spiro atoms. The van der Waals surface area contributed by atoms with Gasteiger partial charge in [0.25, 0.3) is 0 Å². The van der Waals surface area contributed by atoms with Gasteiger partial charge < -0.3 is 9.15 Å². The van der Waals surface area contributed by atoms with Gasteiger partial charge in [-0.3, -0.25) is 9.69 Å². The molecule has 88 valence electrons. The van der Waals surface area contributed by atoms with E-state index in [0.29, 0.717) is 0 Å². The van der Waals surface area contributed by atoms with Crippen LogP contribution in [0, 0.1) is 5.92 Å². The van der Waals surface area contributed by atoms with Crippen molar-refractivity contribution in [3.05, 3.63) is 24.2 Å². The SMILES string of the molecule is COC(=O)C1CCCN(Cc2ccco2)C1. The Morgan fingerprint density at radius 2 is 2.56 bits per heavy atom. The van der Waals surface area contributed by atoms with Gasteiger partial charge in [-0.1, -0.05) is 0 Å². The Labute approximate surface area is 95.2 Å². The predicted molar refractivity (Wildman–Crippen MR) is 58.7 cm³/mol. The first-order valence-corrected chi connectivity index (χ1v) is 5.62. The summed E-state index contributed by atoms with van der Waals surface area (Å²) in [6, 6.07) is 3.85. The number of piperidine rings is 1. The molecule has 0 bridgehead atoms. The molecule has 2 heterocycles. The molecule has 4 heteroatoms. The second-order valence-electron chi connectivity index (χ2n) is 4.18. The number of hydrogen-bond donors (Lipinski definition) is 0. The van der Waals surface area contributed by atoms with E-state index >= 15 is 0 Å². The van der Waals surface area contributed by atoms with Crippen molar-refractivity contribution in [2.75, 3.05) is 20.2 Å². The second-order valence-corrected chi connectivity index (χ2v) is 4.18. The zero-order valence-corrected chi connectivity index (χ0v) is 9.52. The lowest BCUT2D eigenvalue weighted by atomic mass is 9.98. The van der Waals surface area contributed by atoms with Crippen LogP contribution in [-0.4, -0.2) is 31.1 Å². The molecule has 1 aliphatic rings. The van der Waals surface area contributed by atoms with Gasteiger partial charge in [-0.05, 0) is 31.5 Å². The third kappa shape index (κ3) is 2.64. The Hall–Kier alpha value is -1.29. The molecule has 0 aliphatic carbocycles. The van der Waals surface area contributed by atoms with Crippen LogP contribution in [-0.2, 0) is 16.1 Å². The topological polar surface area (TPSA) is 42.7 Å². The van der Waals surface area contributed by atoms with Crippen LogP contribution >= 0.6 is 0 Å². The Morgan fingerprint density at radius 1 is 1.69 bits per heavy atom. The Kier molecular flexibility index (Phi) is 3.62. The van der Waals surface area contributed by atoms with E-state index in [-0.39, 0.29) is 11.9 Å². The highest BCUT2D eigenvalue weighted by atomic mass is 16.5. The third-order valence-corrected chi connectivity index (χ3v) is 3.00. The lowest BCUT2D eigenvalue weighted by Gasteiger charge is -2.30. The van der Waals surface area contributed by atoms with Crippen molar-refractivity contribution < 1.29 is 13.9 Å². The summed E-state index contributed by atoms with van der Waals surface area (Å²) in [6.45, 7) is 2.57. The molecule has 0 saturated carbocycles. The lowest BCUT2D eigenvalue weighted by Crippen LogP contribution is -2.38. The highest BCUT2D eigenvalue weighted by molar-refractivity contribution is 5.72. The monoisotopic (exact) mass is 223 g/mol. The second kappa shape index (κ2) is 5.16. The molecule has 1 saturated heterocycles. The summed E-state index contributed by atoms with van der Waals surface area (Å²) in [5, 5.41) is 0. The van der Waals surface area contributed by atoms with Gasteiger partial charge in [-0.25, -0.2) is 0 Å². The van der Waals surface area contributed by atoms with Crippen molar-refractivity contribution >= 4 is 5.97 Å². The van der Waals surface area contributed by atoms with Gasteiger partial charge in [-0.2, -0.15) is 0 Å². The number of carbonyl (C=O) groups excluding carboxylic acids is 1. The highest BCUT2D eigenvalue weighted by Crippen LogP contribution is 2.19. The van der Waals surface area contributed by atoms with Crippen LogP contribution in [0.5, 0.6) is 0 Å². The van der Waals surface area contributed by atoms with Crippen molar-refractivity contribution in [1.82, 2.24) is 4.90 Å². The Morgan fingerprint density at radius 3 is 3.25 bits per heavy atom. The summed E-state index contributed by atoms with van der Waals surface area (Å²) in [6.07, 6.45) is 3.65. The number of carbonyl (C=O) groups is 1. The smallest absolute Gasteiger partial charge is 0.309 e. The molecule has 1 fully saturated rings. The average molecular weight is 223 g/mol. The van der Waals surface area contributed by atoms with Crippen molar-refractivity contribution in [1.29, 1.82) is 0 Å². The quantitative estimate of drug-likeness (QED) is 0.731. The fourth-order valence-electron chi connectivity index (χ4n) is 2.18. The van der Waals surface area contributed by atoms with Crippen LogP contribution in [0.25, 0.3) is 0 Å². The molecule has 0 aromatic carbocycles. The Balaban J connectivity index is 1.89. The van der Waals surface area contributed by atoms with Crippen molar-refractivity contribution in [2.24, 2.45) is 5.92 Å². The third-order valence-electron chi connectivity index (χ3n) is 3.00. The van der Waals surface area contributed by atoms with E-state index in [2.05, 4.69) is 4.90 Å². The molecule has 1 unspecified atom stereocenters.